The minimum atomic E-state index is -0.931. The van der Waals surface area contributed by atoms with Crippen molar-refractivity contribution in [1.82, 2.24) is 0 Å². The first-order valence-electron chi connectivity index (χ1n) is 4.85. The molecular weight excluding hydrogens is 272 g/mol. The highest BCUT2D eigenvalue weighted by atomic mass is 79.9. The number of rotatable bonds is 1. The second-order valence-electron chi connectivity index (χ2n) is 4.13. The van der Waals surface area contributed by atoms with Crippen molar-refractivity contribution in [3.05, 3.63) is 40.1 Å². The van der Waals surface area contributed by atoms with Gasteiger partial charge in [0.25, 0.3) is 0 Å². The number of ether oxygens (including phenoxy) is 1. The molecule has 1 aromatic rings. The molecule has 1 aliphatic rings. The summed E-state index contributed by atoms with van der Waals surface area (Å²) in [5.41, 5.74) is -0.0202. The molecule has 0 fully saturated rings. The number of cyclic esters (lactones) is 1. The summed E-state index contributed by atoms with van der Waals surface area (Å²) in [6.07, 6.45) is 0. The van der Waals surface area contributed by atoms with Gasteiger partial charge in [-0.3, -0.25) is 0 Å². The van der Waals surface area contributed by atoms with Gasteiger partial charge in [-0.05, 0) is 31.5 Å². The van der Waals surface area contributed by atoms with Gasteiger partial charge in [0.2, 0.25) is 0 Å². The van der Waals surface area contributed by atoms with Crippen LogP contribution >= 0.6 is 15.9 Å². The van der Waals surface area contributed by atoms with E-state index < -0.39 is 11.6 Å². The van der Waals surface area contributed by atoms with E-state index in [0.29, 0.717) is 5.56 Å². The van der Waals surface area contributed by atoms with Crippen molar-refractivity contribution in [1.29, 1.82) is 0 Å². The van der Waals surface area contributed by atoms with Crippen LogP contribution in [0.25, 0.3) is 5.57 Å². The van der Waals surface area contributed by atoms with Gasteiger partial charge in [-0.25, -0.2) is 4.79 Å². The highest BCUT2D eigenvalue weighted by Crippen LogP contribution is 2.35. The molecule has 84 valence electrons. The lowest BCUT2D eigenvalue weighted by Gasteiger charge is -2.16. The Kier molecular flexibility index (Phi) is 2.54. The molecule has 0 bridgehead atoms. The Labute approximate surface area is 102 Å². The Bertz CT molecular complexity index is 472. The third-order valence-corrected chi connectivity index (χ3v) is 3.02. The monoisotopic (exact) mass is 282 g/mol. The topological polar surface area (TPSA) is 46.5 Å². The predicted octanol–water partition coefficient (Wildman–Crippen LogP) is 3.05. The number of benzene rings is 1. The van der Waals surface area contributed by atoms with Crippen LogP contribution in [-0.4, -0.2) is 16.7 Å². The Morgan fingerprint density at radius 3 is 2.25 bits per heavy atom. The molecule has 1 aromatic carbocycles. The molecule has 0 saturated heterocycles. The fraction of sp³-hybridized carbons (Fsp3) is 0.250. The zero-order valence-electron chi connectivity index (χ0n) is 8.95. The van der Waals surface area contributed by atoms with E-state index in [4.69, 9.17) is 4.74 Å². The molecule has 0 amide bonds. The molecule has 3 nitrogen and oxygen atoms in total. The molecule has 2 rings (SSSR count). The highest BCUT2D eigenvalue weighted by Gasteiger charge is 2.41. The van der Waals surface area contributed by atoms with E-state index in [9.17, 15) is 9.90 Å². The minimum absolute atomic E-state index is 0.0141. The summed E-state index contributed by atoms with van der Waals surface area (Å²) in [5.74, 6) is -0.496. The lowest BCUT2D eigenvalue weighted by molar-refractivity contribution is -0.143. The van der Waals surface area contributed by atoms with Crippen LogP contribution in [0, 0.1) is 0 Å². The smallest absolute Gasteiger partial charge is 0.343 e. The zero-order valence-corrected chi connectivity index (χ0v) is 10.5. The van der Waals surface area contributed by atoms with E-state index >= 15 is 0 Å². The SMILES string of the molecule is CC1(C)OC(=O)C(c2ccc(Br)cc2)=C1O. The van der Waals surface area contributed by atoms with Crippen LogP contribution in [0.4, 0.5) is 0 Å². The largest absolute Gasteiger partial charge is 0.507 e. The zero-order chi connectivity index (χ0) is 11.9. The lowest BCUT2D eigenvalue weighted by atomic mass is 10.0. The Morgan fingerprint density at radius 1 is 1.25 bits per heavy atom. The molecule has 0 aliphatic carbocycles. The van der Waals surface area contributed by atoms with Crippen molar-refractivity contribution in [2.45, 2.75) is 19.4 Å². The van der Waals surface area contributed by atoms with Gasteiger partial charge in [0.15, 0.2) is 11.4 Å². The van der Waals surface area contributed by atoms with Crippen molar-refractivity contribution in [2.75, 3.05) is 0 Å². The van der Waals surface area contributed by atoms with Gasteiger partial charge in [-0.15, -0.1) is 0 Å². The summed E-state index contributed by atoms with van der Waals surface area (Å²) in [5, 5.41) is 9.93. The summed E-state index contributed by atoms with van der Waals surface area (Å²) in [4.78, 5) is 11.6. The molecule has 4 heteroatoms. The van der Waals surface area contributed by atoms with Crippen molar-refractivity contribution in [2.24, 2.45) is 0 Å². The van der Waals surface area contributed by atoms with Gasteiger partial charge in [0.05, 0.1) is 0 Å². The summed E-state index contributed by atoms with van der Waals surface area (Å²) in [6, 6.07) is 7.15. The fourth-order valence-electron chi connectivity index (χ4n) is 1.60. The number of hydrogen-bond donors (Lipinski definition) is 1. The fourth-order valence-corrected chi connectivity index (χ4v) is 1.86. The van der Waals surface area contributed by atoms with E-state index in [-0.39, 0.29) is 11.3 Å². The van der Waals surface area contributed by atoms with Crippen LogP contribution in [0.5, 0.6) is 0 Å². The number of halogens is 1. The normalized spacial score (nSPS) is 18.8. The second-order valence-corrected chi connectivity index (χ2v) is 5.05. The Hall–Kier alpha value is -1.29. The van der Waals surface area contributed by atoms with E-state index in [1.165, 1.54) is 0 Å². The lowest BCUT2D eigenvalue weighted by Crippen LogP contribution is -2.22. The molecule has 0 spiro atoms. The van der Waals surface area contributed by atoms with Crippen LogP contribution in [0.15, 0.2) is 34.5 Å². The summed E-state index contributed by atoms with van der Waals surface area (Å²) in [7, 11) is 0. The average Bonchev–Trinajstić information content (AvgIpc) is 2.39. The molecular formula is C12H11BrO3. The maximum Gasteiger partial charge on any atom is 0.343 e. The summed E-state index contributed by atoms with van der Waals surface area (Å²) < 4.78 is 6.00. The standard InChI is InChI=1S/C12H11BrO3/c1-12(2)10(14)9(11(15)16-12)7-3-5-8(13)6-4-7/h3-6,14H,1-2H3. The Balaban J connectivity index is 2.52. The molecule has 0 aromatic heterocycles. The molecule has 0 unspecified atom stereocenters. The highest BCUT2D eigenvalue weighted by molar-refractivity contribution is 9.10. The summed E-state index contributed by atoms with van der Waals surface area (Å²) in [6.45, 7) is 3.32. The van der Waals surface area contributed by atoms with Crippen molar-refractivity contribution in [3.63, 3.8) is 0 Å². The number of hydrogen-bond acceptors (Lipinski definition) is 3. The number of aliphatic hydroxyl groups is 1. The van der Waals surface area contributed by atoms with Gasteiger partial charge in [-0.1, -0.05) is 28.1 Å². The number of carbonyl (C=O) groups is 1. The second kappa shape index (κ2) is 3.63. The molecule has 1 aliphatic heterocycles. The quantitative estimate of drug-likeness (QED) is 0.806. The first-order chi connectivity index (χ1) is 7.42. The van der Waals surface area contributed by atoms with Crippen LogP contribution in [0.2, 0.25) is 0 Å². The van der Waals surface area contributed by atoms with E-state index in [2.05, 4.69) is 15.9 Å². The molecule has 0 saturated carbocycles. The third kappa shape index (κ3) is 1.73. The van der Waals surface area contributed by atoms with Crippen LogP contribution < -0.4 is 0 Å². The molecule has 0 atom stereocenters. The van der Waals surface area contributed by atoms with Gasteiger partial charge in [0.1, 0.15) is 5.57 Å². The van der Waals surface area contributed by atoms with Crippen molar-refractivity contribution in [3.8, 4) is 0 Å². The first-order valence-corrected chi connectivity index (χ1v) is 5.64. The first kappa shape index (κ1) is 11.2. The maximum atomic E-state index is 11.6. The molecule has 1 heterocycles. The van der Waals surface area contributed by atoms with Gasteiger partial charge < -0.3 is 9.84 Å². The van der Waals surface area contributed by atoms with E-state index in [1.54, 1.807) is 26.0 Å². The van der Waals surface area contributed by atoms with E-state index in [1.807, 2.05) is 12.1 Å². The van der Waals surface area contributed by atoms with Gasteiger partial charge in [0, 0.05) is 4.47 Å². The van der Waals surface area contributed by atoms with Crippen LogP contribution in [0.1, 0.15) is 19.4 Å². The maximum absolute atomic E-state index is 11.6. The van der Waals surface area contributed by atoms with Crippen molar-refractivity contribution >= 4 is 27.5 Å². The molecule has 16 heavy (non-hydrogen) atoms. The number of carbonyl (C=O) groups excluding carboxylic acids is 1. The van der Waals surface area contributed by atoms with Crippen molar-refractivity contribution < 1.29 is 14.6 Å². The molecule has 1 N–H and O–H groups in total. The molecule has 0 radical (unpaired) electrons. The van der Waals surface area contributed by atoms with E-state index in [0.717, 1.165) is 4.47 Å². The number of esters is 1. The minimum Gasteiger partial charge on any atom is -0.507 e. The van der Waals surface area contributed by atoms with Crippen LogP contribution in [-0.2, 0) is 9.53 Å². The predicted molar refractivity (Wildman–Crippen MR) is 63.9 cm³/mol. The summed E-state index contributed by atoms with van der Waals surface area (Å²) >= 11 is 3.31. The third-order valence-electron chi connectivity index (χ3n) is 2.49. The number of aliphatic hydroxyl groups excluding tert-OH is 1. The van der Waals surface area contributed by atoms with Gasteiger partial charge >= 0.3 is 5.97 Å². The van der Waals surface area contributed by atoms with Gasteiger partial charge in [-0.2, -0.15) is 0 Å². The Morgan fingerprint density at radius 2 is 1.81 bits per heavy atom. The van der Waals surface area contributed by atoms with Crippen LogP contribution in [0.3, 0.4) is 0 Å². The average molecular weight is 283 g/mol.